The van der Waals surface area contributed by atoms with E-state index in [1.165, 1.54) is 37.7 Å². The molecule has 1 aliphatic carbocycles. The van der Waals surface area contributed by atoms with Gasteiger partial charge in [-0.15, -0.1) is 0 Å². The maximum atomic E-state index is 6.02. The van der Waals surface area contributed by atoms with Gasteiger partial charge >= 0.3 is 0 Å². The normalized spacial score (nSPS) is 18.2. The molecule has 0 aromatic heterocycles. The Hall–Kier alpha value is -2.36. The van der Waals surface area contributed by atoms with Crippen LogP contribution in [0.2, 0.25) is 0 Å². The molecule has 0 atom stereocenters. The minimum atomic E-state index is 0.424. The Morgan fingerprint density at radius 2 is 1.79 bits per heavy atom. The summed E-state index contributed by atoms with van der Waals surface area (Å²) in [4.78, 5) is 9.24. The van der Waals surface area contributed by atoms with E-state index < -0.39 is 0 Å². The molecular weight excluding hydrogens is 344 g/mol. The summed E-state index contributed by atoms with van der Waals surface area (Å²) in [5.41, 5.74) is 11.0. The smallest absolute Gasteiger partial charge is 0.125 e. The number of aliphatic imine (C=N–C) groups is 2. The Kier molecular flexibility index (Phi) is 10.3. The van der Waals surface area contributed by atoms with Crippen LogP contribution in [-0.4, -0.2) is 25.0 Å². The van der Waals surface area contributed by atoms with Crippen LogP contribution in [0.1, 0.15) is 66.2 Å². The molecule has 3 N–H and O–H groups in total. The van der Waals surface area contributed by atoms with Gasteiger partial charge in [0.2, 0.25) is 0 Å². The zero-order valence-corrected chi connectivity index (χ0v) is 18.4. The van der Waals surface area contributed by atoms with Crippen LogP contribution in [0.15, 0.2) is 69.1 Å². The third-order valence-corrected chi connectivity index (χ3v) is 5.21. The Labute approximate surface area is 171 Å². The fraction of sp³-hybridized carbons (Fsp3) is 0.500. The van der Waals surface area contributed by atoms with Crippen molar-refractivity contribution < 1.29 is 0 Å². The fourth-order valence-corrected chi connectivity index (χ4v) is 3.29. The molecule has 0 heterocycles. The number of nitrogens with two attached hydrogens (primary N) is 1. The molecule has 4 heteroatoms. The summed E-state index contributed by atoms with van der Waals surface area (Å²) in [5, 5.41) is 3.70. The predicted octanol–water partition coefficient (Wildman–Crippen LogP) is 5.61. The molecule has 0 aromatic carbocycles. The Morgan fingerprint density at radius 3 is 2.25 bits per heavy atom. The highest BCUT2D eigenvalue weighted by atomic mass is 15.1. The van der Waals surface area contributed by atoms with Gasteiger partial charge in [-0.3, -0.25) is 4.99 Å². The van der Waals surface area contributed by atoms with Gasteiger partial charge in [-0.25, -0.2) is 4.99 Å². The van der Waals surface area contributed by atoms with Crippen molar-refractivity contribution in [1.29, 1.82) is 0 Å². The topological polar surface area (TPSA) is 62.8 Å². The second-order valence-electron chi connectivity index (χ2n) is 7.26. The van der Waals surface area contributed by atoms with Crippen molar-refractivity contribution in [3.8, 4) is 0 Å². The van der Waals surface area contributed by atoms with Gasteiger partial charge < -0.3 is 11.1 Å². The largest absolute Gasteiger partial charge is 0.399 e. The predicted molar refractivity (Wildman–Crippen MR) is 125 cm³/mol. The van der Waals surface area contributed by atoms with Crippen LogP contribution < -0.4 is 11.1 Å². The first kappa shape index (κ1) is 23.7. The second kappa shape index (κ2) is 12.2. The highest BCUT2D eigenvalue weighted by Gasteiger charge is 2.19. The van der Waals surface area contributed by atoms with E-state index in [1.807, 2.05) is 32.2 Å². The first-order chi connectivity index (χ1) is 13.4. The molecule has 28 heavy (non-hydrogen) atoms. The van der Waals surface area contributed by atoms with E-state index >= 15 is 0 Å². The third kappa shape index (κ3) is 6.66. The van der Waals surface area contributed by atoms with Gasteiger partial charge in [0.05, 0.1) is 5.71 Å². The van der Waals surface area contributed by atoms with E-state index in [9.17, 15) is 0 Å². The van der Waals surface area contributed by atoms with Crippen molar-refractivity contribution in [2.75, 3.05) is 7.05 Å². The molecule has 1 rings (SSSR count). The number of hydrogen-bond donors (Lipinski definition) is 2. The lowest BCUT2D eigenvalue weighted by atomic mass is 9.94. The van der Waals surface area contributed by atoms with Crippen molar-refractivity contribution in [3.63, 3.8) is 0 Å². The molecule has 1 saturated carbocycles. The quantitative estimate of drug-likeness (QED) is 0.402. The number of hydrogen-bond acceptors (Lipinski definition) is 4. The van der Waals surface area contributed by atoms with Crippen molar-refractivity contribution in [2.45, 2.75) is 72.3 Å². The second-order valence-corrected chi connectivity index (χ2v) is 7.26. The fourth-order valence-electron chi connectivity index (χ4n) is 3.29. The lowest BCUT2D eigenvalue weighted by molar-refractivity contribution is 0.394. The third-order valence-electron chi connectivity index (χ3n) is 5.21. The molecule has 0 aromatic rings. The molecular formula is C24H38N4. The van der Waals surface area contributed by atoms with Crippen molar-refractivity contribution >= 4 is 11.9 Å². The molecule has 1 fully saturated rings. The Balaban J connectivity index is 3.48. The van der Waals surface area contributed by atoms with Gasteiger partial charge in [-0.2, -0.15) is 0 Å². The van der Waals surface area contributed by atoms with Gasteiger partial charge in [0.25, 0.3) is 0 Å². The summed E-state index contributed by atoms with van der Waals surface area (Å²) in [6.07, 6.45) is 13.1. The highest BCUT2D eigenvalue weighted by Crippen LogP contribution is 2.23. The SMILES string of the molecule is C=C(N)C(=C)C(=N\C(NC1CCCCC1)=C(/C)CC)/C(=C\C)C(=CC)/C=N\C. The number of nitrogens with zero attached hydrogens (tertiary/aromatic N) is 2. The molecule has 154 valence electrons. The monoisotopic (exact) mass is 382 g/mol. The van der Waals surface area contributed by atoms with Crippen LogP contribution in [0.4, 0.5) is 0 Å². The van der Waals surface area contributed by atoms with Crippen molar-refractivity contribution in [2.24, 2.45) is 15.7 Å². The van der Waals surface area contributed by atoms with E-state index in [4.69, 9.17) is 10.7 Å². The van der Waals surface area contributed by atoms with E-state index in [-0.39, 0.29) is 0 Å². The zero-order valence-electron chi connectivity index (χ0n) is 18.4. The summed E-state index contributed by atoms with van der Waals surface area (Å²) < 4.78 is 0. The summed E-state index contributed by atoms with van der Waals surface area (Å²) in [7, 11) is 1.77. The minimum absolute atomic E-state index is 0.424. The molecule has 1 aliphatic rings. The summed E-state index contributed by atoms with van der Waals surface area (Å²) in [6, 6.07) is 0.469. The Morgan fingerprint density at radius 1 is 1.14 bits per heavy atom. The van der Waals surface area contributed by atoms with Gasteiger partial charge in [-0.05, 0) is 51.2 Å². The van der Waals surface area contributed by atoms with E-state index in [0.717, 1.165) is 29.1 Å². The average molecular weight is 383 g/mol. The molecule has 4 nitrogen and oxygen atoms in total. The number of rotatable bonds is 9. The lowest BCUT2D eigenvalue weighted by Gasteiger charge is -2.26. The van der Waals surface area contributed by atoms with E-state index in [2.05, 4.69) is 37.3 Å². The van der Waals surface area contributed by atoms with Crippen LogP contribution in [-0.2, 0) is 0 Å². The Bertz CT molecular complexity index is 711. The van der Waals surface area contributed by atoms with Crippen LogP contribution in [0.5, 0.6) is 0 Å². The first-order valence-corrected chi connectivity index (χ1v) is 10.3. The highest BCUT2D eigenvalue weighted by molar-refractivity contribution is 6.20. The van der Waals surface area contributed by atoms with Crippen molar-refractivity contribution in [3.05, 3.63) is 59.1 Å². The molecule has 0 radical (unpaired) electrons. The lowest BCUT2D eigenvalue weighted by Crippen LogP contribution is -2.31. The molecule has 0 unspecified atom stereocenters. The first-order valence-electron chi connectivity index (χ1n) is 10.3. The van der Waals surface area contributed by atoms with E-state index in [1.54, 1.807) is 7.05 Å². The molecule has 0 amide bonds. The van der Waals surface area contributed by atoms with Crippen LogP contribution in [0.25, 0.3) is 0 Å². The van der Waals surface area contributed by atoms with Crippen molar-refractivity contribution in [1.82, 2.24) is 5.32 Å². The average Bonchev–Trinajstić information content (AvgIpc) is 2.71. The van der Waals surface area contributed by atoms with Crippen LogP contribution >= 0.6 is 0 Å². The molecule has 0 aliphatic heterocycles. The van der Waals surface area contributed by atoms with Gasteiger partial charge in [0.1, 0.15) is 5.82 Å². The summed E-state index contributed by atoms with van der Waals surface area (Å²) >= 11 is 0. The maximum Gasteiger partial charge on any atom is 0.125 e. The van der Waals surface area contributed by atoms with Crippen LogP contribution in [0.3, 0.4) is 0 Å². The zero-order chi connectivity index (χ0) is 21.1. The van der Waals surface area contributed by atoms with Gasteiger partial charge in [0, 0.05) is 36.1 Å². The maximum absolute atomic E-state index is 6.02. The standard InChI is InChI=1S/C24H38N4/c1-8-17(4)24(27-21-14-12-11-13-15-21)28-23(18(5)19(6)25)22(10-3)20(9-2)16-26-7/h9-10,16,21,27H,5-6,8,11-15,25H2,1-4,7H3/b20-9?,22-10-,24-17+,26-16-,28-23+. The van der Waals surface area contributed by atoms with Crippen LogP contribution in [0, 0.1) is 0 Å². The molecule has 0 saturated heterocycles. The summed E-state index contributed by atoms with van der Waals surface area (Å²) in [6.45, 7) is 16.3. The molecule has 0 bridgehead atoms. The van der Waals surface area contributed by atoms with Gasteiger partial charge in [0.15, 0.2) is 0 Å². The summed E-state index contributed by atoms with van der Waals surface area (Å²) in [5.74, 6) is 0.926. The van der Waals surface area contributed by atoms with Gasteiger partial charge in [-0.1, -0.05) is 51.5 Å². The number of allylic oxidation sites excluding steroid dienone is 6. The molecule has 0 spiro atoms. The number of nitrogens with one attached hydrogen (secondary N) is 1. The van der Waals surface area contributed by atoms with E-state index in [0.29, 0.717) is 17.3 Å². The minimum Gasteiger partial charge on any atom is -0.399 e.